The monoisotopic (exact) mass is 270 g/mol. The van der Waals surface area contributed by atoms with Gasteiger partial charge in [0, 0.05) is 17.6 Å². The van der Waals surface area contributed by atoms with Crippen molar-refractivity contribution >= 4 is 21.7 Å². The molecule has 1 aliphatic carbocycles. The number of methoxy groups -OCH3 is 1. The maximum atomic E-state index is 5.23. The van der Waals surface area contributed by atoms with Crippen molar-refractivity contribution in [2.24, 2.45) is 0 Å². The Hall–Kier alpha value is -0.610. The number of nitrogens with zero attached hydrogens (tertiary/aromatic N) is 1. The van der Waals surface area contributed by atoms with Crippen LogP contribution in [-0.4, -0.2) is 24.2 Å². The third-order valence-corrected chi connectivity index (χ3v) is 3.64. The van der Waals surface area contributed by atoms with Crippen LogP contribution in [0, 0.1) is 6.92 Å². The standard InChI is InChI=1S/C11H15BrN2O/c1-7-10(12)3-4-11(13-7)14-8-5-9(6-8)15-2/h3-4,8-9H,5-6H2,1-2H3,(H,13,14). The van der Waals surface area contributed by atoms with Gasteiger partial charge in [0.1, 0.15) is 5.82 Å². The van der Waals surface area contributed by atoms with E-state index in [1.807, 2.05) is 19.1 Å². The summed E-state index contributed by atoms with van der Waals surface area (Å²) in [5, 5.41) is 3.40. The van der Waals surface area contributed by atoms with Crippen LogP contribution in [0.1, 0.15) is 18.5 Å². The summed E-state index contributed by atoms with van der Waals surface area (Å²) in [4.78, 5) is 4.45. The van der Waals surface area contributed by atoms with E-state index in [0.717, 1.165) is 28.8 Å². The van der Waals surface area contributed by atoms with Gasteiger partial charge in [0.15, 0.2) is 0 Å². The molecule has 1 aliphatic rings. The van der Waals surface area contributed by atoms with E-state index in [-0.39, 0.29) is 0 Å². The van der Waals surface area contributed by atoms with Crippen LogP contribution < -0.4 is 5.32 Å². The molecular formula is C11H15BrN2O. The first-order chi connectivity index (χ1) is 7.19. The molecule has 3 nitrogen and oxygen atoms in total. The van der Waals surface area contributed by atoms with Gasteiger partial charge in [-0.2, -0.15) is 0 Å². The number of aromatic nitrogens is 1. The van der Waals surface area contributed by atoms with Crippen LogP contribution in [0.2, 0.25) is 0 Å². The molecule has 82 valence electrons. The second-order valence-corrected chi connectivity index (χ2v) is 4.79. The molecule has 1 aromatic heterocycles. The fraction of sp³-hybridized carbons (Fsp3) is 0.545. The van der Waals surface area contributed by atoms with E-state index >= 15 is 0 Å². The highest BCUT2D eigenvalue weighted by atomic mass is 79.9. The van der Waals surface area contributed by atoms with Crippen molar-refractivity contribution < 1.29 is 4.74 Å². The van der Waals surface area contributed by atoms with Gasteiger partial charge in [-0.05, 0) is 47.8 Å². The molecule has 0 unspecified atom stereocenters. The van der Waals surface area contributed by atoms with Gasteiger partial charge in [0.05, 0.1) is 11.8 Å². The van der Waals surface area contributed by atoms with Gasteiger partial charge in [-0.15, -0.1) is 0 Å². The fourth-order valence-corrected chi connectivity index (χ4v) is 1.93. The number of rotatable bonds is 3. The van der Waals surface area contributed by atoms with E-state index in [4.69, 9.17) is 4.74 Å². The lowest BCUT2D eigenvalue weighted by atomic mass is 9.89. The average Bonchev–Trinajstić information content (AvgIpc) is 2.16. The quantitative estimate of drug-likeness (QED) is 0.917. The third kappa shape index (κ3) is 2.49. The van der Waals surface area contributed by atoms with Crippen molar-refractivity contribution in [2.75, 3.05) is 12.4 Å². The van der Waals surface area contributed by atoms with Crippen molar-refractivity contribution in [3.8, 4) is 0 Å². The lowest BCUT2D eigenvalue weighted by Crippen LogP contribution is -2.40. The minimum Gasteiger partial charge on any atom is -0.381 e. The Morgan fingerprint density at radius 1 is 1.47 bits per heavy atom. The number of pyridine rings is 1. The summed E-state index contributed by atoms with van der Waals surface area (Å²) in [5.41, 5.74) is 1.02. The zero-order valence-electron chi connectivity index (χ0n) is 8.96. The van der Waals surface area contributed by atoms with Gasteiger partial charge in [-0.3, -0.25) is 0 Å². The summed E-state index contributed by atoms with van der Waals surface area (Å²) in [5.74, 6) is 0.954. The minimum atomic E-state index is 0.430. The van der Waals surface area contributed by atoms with Gasteiger partial charge >= 0.3 is 0 Å². The highest BCUT2D eigenvalue weighted by Crippen LogP contribution is 2.26. The molecule has 1 saturated carbocycles. The summed E-state index contributed by atoms with van der Waals surface area (Å²) in [6.07, 6.45) is 2.58. The van der Waals surface area contributed by atoms with E-state index in [0.29, 0.717) is 12.1 Å². The van der Waals surface area contributed by atoms with E-state index in [9.17, 15) is 0 Å². The summed E-state index contributed by atoms with van der Waals surface area (Å²) in [6.45, 7) is 1.99. The molecule has 2 rings (SSSR count). The summed E-state index contributed by atoms with van der Waals surface area (Å²) in [6, 6.07) is 4.54. The summed E-state index contributed by atoms with van der Waals surface area (Å²) >= 11 is 3.44. The Labute approximate surface area is 98.4 Å². The molecule has 1 heterocycles. The van der Waals surface area contributed by atoms with Crippen LogP contribution >= 0.6 is 15.9 Å². The topological polar surface area (TPSA) is 34.1 Å². The smallest absolute Gasteiger partial charge is 0.126 e. The largest absolute Gasteiger partial charge is 0.381 e. The van der Waals surface area contributed by atoms with Crippen LogP contribution in [0.25, 0.3) is 0 Å². The zero-order valence-corrected chi connectivity index (χ0v) is 10.5. The number of anilines is 1. The predicted molar refractivity (Wildman–Crippen MR) is 64.1 cm³/mol. The van der Waals surface area contributed by atoms with E-state index < -0.39 is 0 Å². The fourth-order valence-electron chi connectivity index (χ4n) is 1.71. The van der Waals surface area contributed by atoms with Crippen molar-refractivity contribution in [2.45, 2.75) is 31.9 Å². The molecule has 1 fully saturated rings. The number of ether oxygens (including phenoxy) is 1. The van der Waals surface area contributed by atoms with Gasteiger partial charge in [0.2, 0.25) is 0 Å². The number of hydrogen-bond acceptors (Lipinski definition) is 3. The van der Waals surface area contributed by atoms with E-state index in [1.54, 1.807) is 7.11 Å². The van der Waals surface area contributed by atoms with Crippen LogP contribution in [0.4, 0.5) is 5.82 Å². The summed E-state index contributed by atoms with van der Waals surface area (Å²) < 4.78 is 6.28. The van der Waals surface area contributed by atoms with Crippen molar-refractivity contribution in [3.63, 3.8) is 0 Å². The SMILES string of the molecule is COC1CC(Nc2ccc(Br)c(C)n2)C1. The van der Waals surface area contributed by atoms with Crippen molar-refractivity contribution in [1.82, 2.24) is 4.98 Å². The predicted octanol–water partition coefficient (Wildman–Crippen LogP) is 2.74. The van der Waals surface area contributed by atoms with E-state index in [2.05, 4.69) is 26.2 Å². The minimum absolute atomic E-state index is 0.430. The van der Waals surface area contributed by atoms with Crippen LogP contribution in [0.3, 0.4) is 0 Å². The lowest BCUT2D eigenvalue weighted by Gasteiger charge is -2.34. The second-order valence-electron chi connectivity index (χ2n) is 3.93. The molecular weight excluding hydrogens is 256 g/mol. The number of hydrogen-bond donors (Lipinski definition) is 1. The molecule has 0 spiro atoms. The van der Waals surface area contributed by atoms with Gasteiger partial charge < -0.3 is 10.1 Å². The molecule has 1 aromatic rings. The molecule has 0 amide bonds. The lowest BCUT2D eigenvalue weighted by molar-refractivity contribution is 0.0328. The molecule has 0 radical (unpaired) electrons. The normalized spacial score (nSPS) is 24.7. The molecule has 0 aliphatic heterocycles. The first kappa shape index (κ1) is 10.9. The Morgan fingerprint density at radius 3 is 2.80 bits per heavy atom. The Kier molecular flexibility index (Phi) is 3.26. The van der Waals surface area contributed by atoms with E-state index in [1.165, 1.54) is 0 Å². The molecule has 1 N–H and O–H groups in total. The van der Waals surface area contributed by atoms with Gasteiger partial charge in [-0.25, -0.2) is 4.98 Å². The first-order valence-electron chi connectivity index (χ1n) is 5.11. The highest BCUT2D eigenvalue weighted by Gasteiger charge is 2.28. The molecule has 15 heavy (non-hydrogen) atoms. The second kappa shape index (κ2) is 4.49. The molecule has 0 bridgehead atoms. The molecule has 0 atom stereocenters. The van der Waals surface area contributed by atoms with Crippen molar-refractivity contribution in [3.05, 3.63) is 22.3 Å². The number of halogens is 1. The third-order valence-electron chi connectivity index (χ3n) is 2.80. The number of nitrogens with one attached hydrogen (secondary N) is 1. The molecule has 0 saturated heterocycles. The first-order valence-corrected chi connectivity index (χ1v) is 5.91. The summed E-state index contributed by atoms with van der Waals surface area (Å²) in [7, 11) is 1.77. The molecule has 0 aromatic carbocycles. The van der Waals surface area contributed by atoms with Crippen LogP contribution in [0.5, 0.6) is 0 Å². The highest BCUT2D eigenvalue weighted by molar-refractivity contribution is 9.10. The Balaban J connectivity index is 1.92. The number of aryl methyl sites for hydroxylation is 1. The Morgan fingerprint density at radius 2 is 2.20 bits per heavy atom. The van der Waals surface area contributed by atoms with Crippen molar-refractivity contribution in [1.29, 1.82) is 0 Å². The maximum absolute atomic E-state index is 5.23. The van der Waals surface area contributed by atoms with Gasteiger partial charge in [0.25, 0.3) is 0 Å². The molecule has 4 heteroatoms. The Bertz CT molecular complexity index is 350. The van der Waals surface area contributed by atoms with Gasteiger partial charge in [-0.1, -0.05) is 0 Å². The zero-order chi connectivity index (χ0) is 10.8. The van der Waals surface area contributed by atoms with Crippen LogP contribution in [-0.2, 0) is 4.74 Å². The maximum Gasteiger partial charge on any atom is 0.126 e. The average molecular weight is 271 g/mol. The van der Waals surface area contributed by atoms with Crippen LogP contribution in [0.15, 0.2) is 16.6 Å².